The van der Waals surface area contributed by atoms with Gasteiger partial charge in [0.05, 0.1) is 12.5 Å². The number of rotatable bonds is 6. The van der Waals surface area contributed by atoms with Crippen LogP contribution in [0.2, 0.25) is 0 Å². The van der Waals surface area contributed by atoms with E-state index in [2.05, 4.69) is 10.6 Å². The van der Waals surface area contributed by atoms with Crippen molar-refractivity contribution in [2.24, 2.45) is 5.41 Å². The minimum Gasteiger partial charge on any atom is -0.494 e. The monoisotopic (exact) mass is 268 g/mol. The van der Waals surface area contributed by atoms with Gasteiger partial charge < -0.3 is 15.4 Å². The van der Waals surface area contributed by atoms with Crippen molar-refractivity contribution in [3.05, 3.63) is 29.6 Å². The molecule has 1 aromatic carbocycles. The zero-order valence-corrected chi connectivity index (χ0v) is 11.8. The Hall–Kier alpha value is -1.62. The molecule has 5 heteroatoms. The largest absolute Gasteiger partial charge is 0.494 e. The van der Waals surface area contributed by atoms with Crippen molar-refractivity contribution in [2.75, 3.05) is 20.7 Å². The highest BCUT2D eigenvalue weighted by molar-refractivity contribution is 5.81. The quantitative estimate of drug-likeness (QED) is 0.825. The molecular formula is C14H21FN2O2. The van der Waals surface area contributed by atoms with Crippen molar-refractivity contribution >= 4 is 5.91 Å². The molecule has 0 fully saturated rings. The van der Waals surface area contributed by atoms with Gasteiger partial charge in [0.15, 0.2) is 11.6 Å². The van der Waals surface area contributed by atoms with Crippen molar-refractivity contribution in [3.63, 3.8) is 0 Å². The number of hydrogen-bond donors (Lipinski definition) is 2. The van der Waals surface area contributed by atoms with E-state index in [0.29, 0.717) is 13.1 Å². The van der Waals surface area contributed by atoms with Crippen LogP contribution in [0.5, 0.6) is 5.75 Å². The number of methoxy groups -OCH3 is 1. The van der Waals surface area contributed by atoms with E-state index in [1.54, 1.807) is 19.2 Å². The average molecular weight is 268 g/mol. The highest BCUT2D eigenvalue weighted by atomic mass is 19.1. The third kappa shape index (κ3) is 4.21. The number of benzene rings is 1. The summed E-state index contributed by atoms with van der Waals surface area (Å²) in [5.74, 6) is -0.178. The summed E-state index contributed by atoms with van der Waals surface area (Å²) < 4.78 is 18.3. The lowest BCUT2D eigenvalue weighted by Gasteiger charge is -2.23. The number of carbonyl (C=O) groups excluding carboxylic acids is 1. The fourth-order valence-electron chi connectivity index (χ4n) is 1.76. The van der Waals surface area contributed by atoms with Gasteiger partial charge >= 0.3 is 0 Å². The van der Waals surface area contributed by atoms with Crippen molar-refractivity contribution < 1.29 is 13.9 Å². The lowest BCUT2D eigenvalue weighted by Crippen LogP contribution is -2.41. The predicted octanol–water partition coefficient (Wildman–Crippen LogP) is 1.70. The maximum absolute atomic E-state index is 13.5. The summed E-state index contributed by atoms with van der Waals surface area (Å²) in [5, 5.41) is 5.78. The van der Waals surface area contributed by atoms with Crippen LogP contribution in [-0.2, 0) is 11.3 Å². The van der Waals surface area contributed by atoms with Crippen molar-refractivity contribution in [2.45, 2.75) is 20.4 Å². The lowest BCUT2D eigenvalue weighted by molar-refractivity contribution is -0.128. The van der Waals surface area contributed by atoms with Gasteiger partial charge in [-0.3, -0.25) is 4.79 Å². The van der Waals surface area contributed by atoms with E-state index in [9.17, 15) is 9.18 Å². The number of nitrogens with one attached hydrogen (secondary N) is 2. The first-order chi connectivity index (χ1) is 8.90. The van der Waals surface area contributed by atoms with Gasteiger partial charge in [0.1, 0.15) is 0 Å². The highest BCUT2D eigenvalue weighted by Gasteiger charge is 2.25. The molecule has 2 N–H and O–H groups in total. The molecule has 0 unspecified atom stereocenters. The molecule has 1 aromatic rings. The molecule has 1 rings (SSSR count). The molecule has 0 aliphatic heterocycles. The molecule has 0 aliphatic carbocycles. The lowest BCUT2D eigenvalue weighted by atomic mass is 9.92. The third-order valence-electron chi connectivity index (χ3n) is 2.95. The first-order valence-electron chi connectivity index (χ1n) is 6.16. The molecule has 106 valence electrons. The molecule has 0 radical (unpaired) electrons. The number of carbonyl (C=O) groups is 1. The first kappa shape index (κ1) is 15.4. The van der Waals surface area contributed by atoms with E-state index in [1.807, 2.05) is 13.8 Å². The molecule has 0 spiro atoms. The Labute approximate surface area is 113 Å². The fraction of sp³-hybridized carbons (Fsp3) is 0.500. The molecule has 0 aliphatic rings. The number of ether oxygens (including phenoxy) is 1. The van der Waals surface area contributed by atoms with E-state index in [4.69, 9.17) is 4.74 Å². The Morgan fingerprint density at radius 1 is 1.42 bits per heavy atom. The third-order valence-corrected chi connectivity index (χ3v) is 2.95. The Kier molecular flexibility index (Phi) is 5.30. The smallest absolute Gasteiger partial charge is 0.226 e. The highest BCUT2D eigenvalue weighted by Crippen LogP contribution is 2.18. The van der Waals surface area contributed by atoms with Gasteiger partial charge in [0.2, 0.25) is 5.91 Å². The van der Waals surface area contributed by atoms with E-state index >= 15 is 0 Å². The molecule has 4 nitrogen and oxygen atoms in total. The molecule has 0 aromatic heterocycles. The zero-order chi connectivity index (χ0) is 14.5. The van der Waals surface area contributed by atoms with Gasteiger partial charge in [0, 0.05) is 20.1 Å². The van der Waals surface area contributed by atoms with Gasteiger partial charge in [-0.25, -0.2) is 4.39 Å². The minimum atomic E-state index is -0.500. The zero-order valence-electron chi connectivity index (χ0n) is 11.8. The second-order valence-electron chi connectivity index (χ2n) is 5.04. The van der Waals surface area contributed by atoms with Crippen LogP contribution in [-0.4, -0.2) is 26.6 Å². The van der Waals surface area contributed by atoms with Gasteiger partial charge in [-0.15, -0.1) is 0 Å². The molecular weight excluding hydrogens is 247 g/mol. The first-order valence-corrected chi connectivity index (χ1v) is 6.16. The van der Waals surface area contributed by atoms with Gasteiger partial charge in [-0.05, 0) is 31.5 Å². The minimum absolute atomic E-state index is 0.0269. The Morgan fingerprint density at radius 3 is 2.63 bits per heavy atom. The topological polar surface area (TPSA) is 50.4 Å². The van der Waals surface area contributed by atoms with Gasteiger partial charge in [0.25, 0.3) is 0 Å². The molecule has 0 bridgehead atoms. The summed E-state index contributed by atoms with van der Waals surface area (Å²) in [6, 6.07) is 4.82. The van der Waals surface area contributed by atoms with Crippen LogP contribution < -0.4 is 15.4 Å². The molecule has 19 heavy (non-hydrogen) atoms. The average Bonchev–Trinajstić information content (AvgIpc) is 2.37. The van der Waals surface area contributed by atoms with Crippen molar-refractivity contribution in [3.8, 4) is 5.75 Å². The summed E-state index contributed by atoms with van der Waals surface area (Å²) in [7, 11) is 3.05. The van der Waals surface area contributed by atoms with Crippen LogP contribution in [0.4, 0.5) is 4.39 Å². The Bertz CT molecular complexity index is 447. The van der Waals surface area contributed by atoms with Crippen LogP contribution in [0.25, 0.3) is 0 Å². The van der Waals surface area contributed by atoms with Crippen LogP contribution >= 0.6 is 0 Å². The summed E-state index contributed by atoms with van der Waals surface area (Å²) in [5.41, 5.74) is 0.311. The predicted molar refractivity (Wildman–Crippen MR) is 72.5 cm³/mol. The van der Waals surface area contributed by atoms with Crippen LogP contribution in [0.1, 0.15) is 19.4 Å². The van der Waals surface area contributed by atoms with Gasteiger partial charge in [-0.2, -0.15) is 0 Å². The molecule has 1 amide bonds. The maximum atomic E-state index is 13.5. The summed E-state index contributed by atoms with van der Waals surface area (Å²) in [6.07, 6.45) is 0. The molecule has 0 saturated heterocycles. The normalized spacial score (nSPS) is 11.2. The van der Waals surface area contributed by atoms with Crippen LogP contribution in [0.15, 0.2) is 18.2 Å². The molecule has 0 heterocycles. The number of amides is 1. The van der Waals surface area contributed by atoms with Crippen LogP contribution in [0.3, 0.4) is 0 Å². The van der Waals surface area contributed by atoms with Crippen LogP contribution in [0, 0.1) is 11.2 Å². The summed E-state index contributed by atoms with van der Waals surface area (Å²) in [6.45, 7) is 4.72. The van der Waals surface area contributed by atoms with E-state index in [1.165, 1.54) is 13.2 Å². The standard InChI is InChI=1S/C14H21FN2O2/c1-14(2,13(18)16-3)9-17-8-10-5-6-12(19-4)11(15)7-10/h5-7,17H,8-9H2,1-4H3,(H,16,18). The second kappa shape index (κ2) is 6.52. The Morgan fingerprint density at radius 2 is 2.11 bits per heavy atom. The Balaban J connectivity index is 2.54. The van der Waals surface area contributed by atoms with E-state index in [0.717, 1.165) is 5.56 Å². The summed E-state index contributed by atoms with van der Waals surface area (Å²) >= 11 is 0. The number of halogens is 1. The van der Waals surface area contributed by atoms with E-state index in [-0.39, 0.29) is 17.5 Å². The molecule has 0 atom stereocenters. The fourth-order valence-corrected chi connectivity index (χ4v) is 1.76. The SMILES string of the molecule is CNC(=O)C(C)(C)CNCc1ccc(OC)c(F)c1. The van der Waals surface area contributed by atoms with Gasteiger partial charge in [-0.1, -0.05) is 6.07 Å². The van der Waals surface area contributed by atoms with E-state index < -0.39 is 5.41 Å². The summed E-state index contributed by atoms with van der Waals surface area (Å²) in [4.78, 5) is 11.6. The number of hydrogen-bond acceptors (Lipinski definition) is 3. The van der Waals surface area contributed by atoms with Crippen molar-refractivity contribution in [1.82, 2.24) is 10.6 Å². The second-order valence-corrected chi connectivity index (χ2v) is 5.04. The maximum Gasteiger partial charge on any atom is 0.226 e. The van der Waals surface area contributed by atoms with Crippen molar-refractivity contribution in [1.29, 1.82) is 0 Å². The molecule has 0 saturated carbocycles.